The molecule has 0 aliphatic carbocycles. The number of nitrogens with zero attached hydrogens (tertiary/aromatic N) is 2. The standard InChI is InChI=1S/C24H15ClN4O4/c25-17-8-2-1-7-15(17)21-20-19(16(12-26)22(27)33-23(20)29-28-21)13-5-3-6-14(11-13)32-24(30)18-9-4-10-31-18/h1-11,19H,27H2,(H,28,29). The van der Waals surface area contributed by atoms with E-state index in [2.05, 4.69) is 16.3 Å². The molecule has 5 rings (SSSR count). The quantitative estimate of drug-likeness (QED) is 0.333. The Hall–Kier alpha value is -4.48. The van der Waals surface area contributed by atoms with Gasteiger partial charge in [-0.15, -0.1) is 5.10 Å². The first kappa shape index (κ1) is 20.4. The molecule has 1 unspecified atom stereocenters. The number of fused-ring (bicyclic) bond motifs is 1. The van der Waals surface area contributed by atoms with E-state index in [9.17, 15) is 10.1 Å². The van der Waals surface area contributed by atoms with Gasteiger partial charge in [0.2, 0.25) is 17.5 Å². The molecule has 0 radical (unpaired) electrons. The number of esters is 1. The minimum Gasteiger partial charge on any atom is -0.457 e. The Morgan fingerprint density at radius 3 is 2.79 bits per heavy atom. The van der Waals surface area contributed by atoms with Gasteiger partial charge in [-0.3, -0.25) is 5.10 Å². The van der Waals surface area contributed by atoms with Crippen molar-refractivity contribution in [2.75, 3.05) is 0 Å². The molecule has 9 heteroatoms. The lowest BCUT2D eigenvalue weighted by atomic mass is 9.83. The number of hydrogen-bond donors (Lipinski definition) is 2. The molecule has 1 atom stereocenters. The lowest BCUT2D eigenvalue weighted by Gasteiger charge is -2.24. The number of nitrogens with two attached hydrogens (primary N) is 1. The number of ether oxygens (including phenoxy) is 2. The molecule has 2 aromatic carbocycles. The first-order chi connectivity index (χ1) is 16.1. The van der Waals surface area contributed by atoms with Crippen LogP contribution in [0.5, 0.6) is 11.6 Å². The molecule has 4 aromatic rings. The first-order valence-electron chi connectivity index (χ1n) is 9.83. The van der Waals surface area contributed by atoms with E-state index in [0.29, 0.717) is 27.4 Å². The summed E-state index contributed by atoms with van der Waals surface area (Å²) >= 11 is 6.43. The van der Waals surface area contributed by atoms with Gasteiger partial charge in [0.1, 0.15) is 17.4 Å². The van der Waals surface area contributed by atoms with Gasteiger partial charge in [-0.1, -0.05) is 41.9 Å². The Morgan fingerprint density at radius 2 is 2.03 bits per heavy atom. The maximum absolute atomic E-state index is 12.3. The summed E-state index contributed by atoms with van der Waals surface area (Å²) in [4.78, 5) is 12.3. The largest absolute Gasteiger partial charge is 0.457 e. The van der Waals surface area contributed by atoms with Gasteiger partial charge in [-0.2, -0.15) is 5.26 Å². The normalized spacial score (nSPS) is 14.8. The van der Waals surface area contributed by atoms with Crippen molar-refractivity contribution in [1.82, 2.24) is 10.2 Å². The summed E-state index contributed by atoms with van der Waals surface area (Å²) in [5, 5.41) is 17.6. The second kappa shape index (κ2) is 8.22. The fraction of sp³-hybridized carbons (Fsp3) is 0.0417. The summed E-state index contributed by atoms with van der Waals surface area (Å²) in [5.41, 5.74) is 8.79. The van der Waals surface area contributed by atoms with Crippen molar-refractivity contribution in [3.63, 3.8) is 0 Å². The van der Waals surface area contributed by atoms with Crippen molar-refractivity contribution in [3.05, 3.63) is 100 Å². The Morgan fingerprint density at radius 1 is 1.18 bits per heavy atom. The minimum absolute atomic E-state index is 0.0507. The predicted molar refractivity (Wildman–Crippen MR) is 118 cm³/mol. The Labute approximate surface area is 192 Å². The SMILES string of the molecule is N#CC1=C(N)Oc2n[nH]c(-c3ccccc3Cl)c2C1c1cccc(OC(=O)c2ccco2)c1. The van der Waals surface area contributed by atoms with Crippen molar-refractivity contribution in [1.29, 1.82) is 5.26 Å². The van der Waals surface area contributed by atoms with E-state index in [4.69, 9.17) is 31.2 Å². The van der Waals surface area contributed by atoms with Crippen LogP contribution in [0.25, 0.3) is 11.3 Å². The molecular formula is C24H15ClN4O4. The van der Waals surface area contributed by atoms with Crippen LogP contribution >= 0.6 is 11.6 Å². The van der Waals surface area contributed by atoms with Crippen LogP contribution in [0.2, 0.25) is 5.02 Å². The zero-order valence-corrected chi connectivity index (χ0v) is 17.7. The van der Waals surface area contributed by atoms with Gasteiger partial charge in [0.25, 0.3) is 0 Å². The maximum atomic E-state index is 12.3. The van der Waals surface area contributed by atoms with Crippen LogP contribution in [-0.2, 0) is 0 Å². The van der Waals surface area contributed by atoms with Crippen LogP contribution in [0.3, 0.4) is 0 Å². The summed E-state index contributed by atoms with van der Waals surface area (Å²) in [6.45, 7) is 0. The third-order valence-electron chi connectivity index (χ3n) is 5.21. The van der Waals surface area contributed by atoms with Crippen LogP contribution in [0, 0.1) is 11.3 Å². The second-order valence-electron chi connectivity index (χ2n) is 7.16. The number of furan rings is 1. The van der Waals surface area contributed by atoms with Crippen molar-refractivity contribution in [2.45, 2.75) is 5.92 Å². The molecule has 3 N–H and O–H groups in total. The number of carbonyl (C=O) groups excluding carboxylic acids is 1. The fourth-order valence-corrected chi connectivity index (χ4v) is 3.99. The third-order valence-corrected chi connectivity index (χ3v) is 5.54. The van der Waals surface area contributed by atoms with Crippen LogP contribution in [0.4, 0.5) is 0 Å². The van der Waals surface area contributed by atoms with Crippen molar-refractivity contribution < 1.29 is 18.7 Å². The number of nitriles is 1. The average molecular weight is 459 g/mol. The first-order valence-corrected chi connectivity index (χ1v) is 10.2. The second-order valence-corrected chi connectivity index (χ2v) is 7.57. The van der Waals surface area contributed by atoms with Gasteiger partial charge in [0.05, 0.1) is 23.4 Å². The van der Waals surface area contributed by atoms with Crippen molar-refractivity contribution in [3.8, 4) is 29.0 Å². The summed E-state index contributed by atoms with van der Waals surface area (Å²) in [6.07, 6.45) is 1.39. The Balaban J connectivity index is 1.61. The summed E-state index contributed by atoms with van der Waals surface area (Å²) < 4.78 is 16.2. The van der Waals surface area contributed by atoms with E-state index in [1.165, 1.54) is 12.3 Å². The van der Waals surface area contributed by atoms with E-state index in [0.717, 1.165) is 0 Å². The molecule has 0 bridgehead atoms. The van der Waals surface area contributed by atoms with Gasteiger partial charge in [-0.25, -0.2) is 4.79 Å². The Bertz CT molecular complexity index is 1430. The van der Waals surface area contributed by atoms with Gasteiger partial charge in [0.15, 0.2) is 0 Å². The number of H-pyrrole nitrogens is 1. The number of halogens is 1. The maximum Gasteiger partial charge on any atom is 0.379 e. The number of benzene rings is 2. The van der Waals surface area contributed by atoms with E-state index in [1.54, 1.807) is 36.4 Å². The summed E-state index contributed by atoms with van der Waals surface area (Å²) in [5.74, 6) is -0.729. The number of allylic oxidation sites excluding steroid dienone is 1. The minimum atomic E-state index is -0.638. The number of hydrogen-bond acceptors (Lipinski definition) is 7. The van der Waals surface area contributed by atoms with Gasteiger partial charge < -0.3 is 19.6 Å². The third kappa shape index (κ3) is 3.60. The highest BCUT2D eigenvalue weighted by Gasteiger charge is 2.36. The zero-order valence-electron chi connectivity index (χ0n) is 16.9. The molecule has 0 amide bonds. The number of aromatic nitrogens is 2. The highest BCUT2D eigenvalue weighted by molar-refractivity contribution is 6.33. The molecule has 0 fully saturated rings. The highest BCUT2D eigenvalue weighted by Crippen LogP contribution is 2.47. The number of carbonyl (C=O) groups is 1. The van der Waals surface area contributed by atoms with E-state index >= 15 is 0 Å². The molecule has 0 saturated heterocycles. The van der Waals surface area contributed by atoms with Crippen molar-refractivity contribution >= 4 is 17.6 Å². The molecule has 162 valence electrons. The fourth-order valence-electron chi connectivity index (χ4n) is 3.76. The molecule has 1 aliphatic heterocycles. The van der Waals surface area contributed by atoms with E-state index in [-0.39, 0.29) is 28.8 Å². The molecule has 3 heterocycles. The van der Waals surface area contributed by atoms with Crippen LogP contribution in [-0.4, -0.2) is 16.2 Å². The van der Waals surface area contributed by atoms with Crippen LogP contribution in [0.1, 0.15) is 27.6 Å². The number of nitrogens with one attached hydrogen (secondary N) is 1. The van der Waals surface area contributed by atoms with Gasteiger partial charge in [-0.05, 0) is 35.9 Å². The van der Waals surface area contributed by atoms with Gasteiger partial charge in [0, 0.05) is 10.6 Å². The number of aromatic amines is 1. The highest BCUT2D eigenvalue weighted by atomic mass is 35.5. The monoisotopic (exact) mass is 458 g/mol. The topological polar surface area (TPSA) is 127 Å². The summed E-state index contributed by atoms with van der Waals surface area (Å²) in [7, 11) is 0. The number of rotatable bonds is 4. The smallest absolute Gasteiger partial charge is 0.379 e. The summed E-state index contributed by atoms with van der Waals surface area (Å²) in [6, 6.07) is 19.3. The molecule has 0 spiro atoms. The molecule has 1 aliphatic rings. The molecule has 8 nitrogen and oxygen atoms in total. The molecule has 33 heavy (non-hydrogen) atoms. The lowest BCUT2D eigenvalue weighted by Crippen LogP contribution is -2.21. The Kier molecular flexibility index (Phi) is 5.09. The molecule has 0 saturated carbocycles. The van der Waals surface area contributed by atoms with E-state index in [1.807, 2.05) is 18.2 Å². The van der Waals surface area contributed by atoms with Crippen LogP contribution < -0.4 is 15.2 Å². The molecule has 2 aromatic heterocycles. The van der Waals surface area contributed by atoms with Crippen molar-refractivity contribution in [2.24, 2.45) is 5.73 Å². The predicted octanol–water partition coefficient (Wildman–Crippen LogP) is 4.76. The zero-order chi connectivity index (χ0) is 22.9. The van der Waals surface area contributed by atoms with E-state index < -0.39 is 11.9 Å². The van der Waals surface area contributed by atoms with Crippen LogP contribution in [0.15, 0.2) is 82.8 Å². The average Bonchev–Trinajstić information content (AvgIpc) is 3.49. The lowest BCUT2D eigenvalue weighted by molar-refractivity contribution is 0.0701. The molecular weight excluding hydrogens is 444 g/mol. The van der Waals surface area contributed by atoms with Gasteiger partial charge >= 0.3 is 5.97 Å².